The van der Waals surface area contributed by atoms with Crippen LogP contribution in [0.3, 0.4) is 0 Å². The van der Waals surface area contributed by atoms with Crippen LogP contribution < -0.4 is 4.74 Å². The molecule has 2 atom stereocenters. The van der Waals surface area contributed by atoms with Crippen molar-refractivity contribution >= 4 is 17.3 Å². The molecule has 1 N–H and O–H groups in total. The average Bonchev–Trinajstić information content (AvgIpc) is 3.15. The Kier molecular flexibility index (Phi) is 3.98. The van der Waals surface area contributed by atoms with Crippen LogP contribution in [0.15, 0.2) is 66.0 Å². The maximum Gasteiger partial charge on any atom is 0.213 e. The Morgan fingerprint density at radius 2 is 1.93 bits per heavy atom. The summed E-state index contributed by atoms with van der Waals surface area (Å²) in [4.78, 5) is 4.11. The third kappa shape index (κ3) is 2.79. The monoisotopic (exact) mass is 391 g/mol. The average molecular weight is 392 g/mol. The van der Waals surface area contributed by atoms with Crippen LogP contribution in [-0.2, 0) is 0 Å². The summed E-state index contributed by atoms with van der Waals surface area (Å²) in [6, 6.07) is 15.1. The van der Waals surface area contributed by atoms with Crippen LogP contribution in [0.5, 0.6) is 11.5 Å². The predicted octanol–water partition coefficient (Wildman–Crippen LogP) is 4.99. The van der Waals surface area contributed by atoms with E-state index in [1.807, 2.05) is 54.4 Å². The number of halogens is 1. The highest BCUT2D eigenvalue weighted by Crippen LogP contribution is 2.48. The van der Waals surface area contributed by atoms with Gasteiger partial charge in [0.1, 0.15) is 11.5 Å². The summed E-state index contributed by atoms with van der Waals surface area (Å²) >= 11 is 6.26. The van der Waals surface area contributed by atoms with Crippen LogP contribution in [0.1, 0.15) is 40.9 Å². The number of phenolic OH excluding ortho intramolecular Hbond substituents is 1. The van der Waals surface area contributed by atoms with Crippen molar-refractivity contribution in [2.45, 2.75) is 25.6 Å². The third-order valence-electron chi connectivity index (χ3n) is 5.21. The molecule has 2 aromatic carbocycles. The Labute approximate surface area is 167 Å². The number of aryl methyl sites for hydroxylation is 1. The van der Waals surface area contributed by atoms with Gasteiger partial charge < -0.3 is 9.84 Å². The second kappa shape index (κ2) is 6.53. The van der Waals surface area contributed by atoms with E-state index in [-0.39, 0.29) is 18.0 Å². The number of hydrogen-bond acceptors (Lipinski definition) is 5. The van der Waals surface area contributed by atoms with E-state index in [2.05, 4.69) is 4.98 Å². The van der Waals surface area contributed by atoms with Crippen molar-refractivity contribution in [2.75, 3.05) is 0 Å². The van der Waals surface area contributed by atoms with Gasteiger partial charge in [-0.05, 0) is 49.4 Å². The number of phenols is 1. The molecule has 0 spiro atoms. The van der Waals surface area contributed by atoms with Crippen molar-refractivity contribution in [2.24, 2.45) is 5.10 Å². The van der Waals surface area contributed by atoms with E-state index in [0.29, 0.717) is 11.4 Å². The number of pyridine rings is 1. The predicted molar refractivity (Wildman–Crippen MR) is 108 cm³/mol. The molecule has 1 aromatic heterocycles. The molecule has 0 radical (unpaired) electrons. The number of hydrazone groups is 1. The molecule has 6 heteroatoms. The van der Waals surface area contributed by atoms with E-state index in [4.69, 9.17) is 21.4 Å². The van der Waals surface area contributed by atoms with Crippen molar-refractivity contribution < 1.29 is 9.84 Å². The quantitative estimate of drug-likeness (QED) is 0.668. The molecule has 5 rings (SSSR count). The Hall–Kier alpha value is -3.05. The first kappa shape index (κ1) is 17.1. The number of aromatic hydroxyl groups is 1. The summed E-state index contributed by atoms with van der Waals surface area (Å²) in [5.74, 6) is 1.04. The van der Waals surface area contributed by atoms with Crippen LogP contribution in [0, 0.1) is 6.92 Å². The standard InChI is InChI=1S/C22H18ClN3O2/c1-13-2-4-20(27)16(10-13)18-12-19-17-11-15(23)3-5-21(17)28-22(26(19)25-18)14-6-8-24-9-7-14/h2-11,19,22,27H,12H2,1H3. The molecule has 0 fully saturated rings. The lowest BCUT2D eigenvalue weighted by Crippen LogP contribution is -2.33. The number of rotatable bonds is 2. The zero-order chi connectivity index (χ0) is 19.3. The van der Waals surface area contributed by atoms with Gasteiger partial charge in [0.05, 0.1) is 11.8 Å². The first-order chi connectivity index (χ1) is 13.6. The zero-order valence-corrected chi connectivity index (χ0v) is 16.0. The van der Waals surface area contributed by atoms with Crippen molar-refractivity contribution in [3.8, 4) is 11.5 Å². The largest absolute Gasteiger partial charge is 0.507 e. The molecule has 2 unspecified atom stereocenters. The van der Waals surface area contributed by atoms with Crippen LogP contribution in [0.25, 0.3) is 0 Å². The third-order valence-corrected chi connectivity index (χ3v) is 5.44. The second-order valence-corrected chi connectivity index (χ2v) is 7.54. The van der Waals surface area contributed by atoms with E-state index in [0.717, 1.165) is 33.7 Å². The first-order valence-electron chi connectivity index (χ1n) is 9.12. The molecule has 0 bridgehead atoms. The molecule has 3 heterocycles. The highest BCUT2D eigenvalue weighted by molar-refractivity contribution is 6.30. The van der Waals surface area contributed by atoms with Crippen molar-refractivity contribution in [3.05, 3.63) is 88.2 Å². The minimum absolute atomic E-state index is 0.0180. The molecule has 0 aliphatic carbocycles. The first-order valence-corrected chi connectivity index (χ1v) is 9.50. The fraction of sp³-hybridized carbons (Fsp3) is 0.182. The van der Waals surface area contributed by atoms with Gasteiger partial charge in [-0.1, -0.05) is 23.2 Å². The van der Waals surface area contributed by atoms with Gasteiger partial charge in [0.25, 0.3) is 0 Å². The Bertz CT molecular complexity index is 1080. The van der Waals surface area contributed by atoms with Crippen LogP contribution >= 0.6 is 11.6 Å². The molecule has 2 aliphatic heterocycles. The molecular weight excluding hydrogens is 374 g/mol. The van der Waals surface area contributed by atoms with Crippen LogP contribution in [0.4, 0.5) is 0 Å². The second-order valence-electron chi connectivity index (χ2n) is 7.10. The maximum absolute atomic E-state index is 10.4. The summed E-state index contributed by atoms with van der Waals surface area (Å²) in [5.41, 5.74) is 4.64. The molecule has 5 nitrogen and oxygen atoms in total. The highest BCUT2D eigenvalue weighted by Gasteiger charge is 2.41. The van der Waals surface area contributed by atoms with Crippen molar-refractivity contribution in [3.63, 3.8) is 0 Å². The summed E-state index contributed by atoms with van der Waals surface area (Å²) < 4.78 is 6.29. The summed E-state index contributed by atoms with van der Waals surface area (Å²) in [7, 11) is 0. The highest BCUT2D eigenvalue weighted by atomic mass is 35.5. The van der Waals surface area contributed by atoms with Gasteiger partial charge in [0, 0.05) is 40.5 Å². The van der Waals surface area contributed by atoms with Crippen molar-refractivity contribution in [1.29, 1.82) is 0 Å². The number of fused-ring (bicyclic) bond motifs is 3. The number of aromatic nitrogens is 1. The van der Waals surface area contributed by atoms with E-state index in [1.165, 1.54) is 0 Å². The number of ether oxygens (including phenoxy) is 1. The molecule has 0 amide bonds. The van der Waals surface area contributed by atoms with Gasteiger partial charge >= 0.3 is 0 Å². The fourth-order valence-corrected chi connectivity index (χ4v) is 4.03. The Balaban J connectivity index is 1.63. The normalized spacial score (nSPS) is 20.2. The smallest absolute Gasteiger partial charge is 0.213 e. The lowest BCUT2D eigenvalue weighted by molar-refractivity contribution is -0.0190. The van der Waals surface area contributed by atoms with E-state index in [9.17, 15) is 5.11 Å². The fourth-order valence-electron chi connectivity index (χ4n) is 3.85. The Morgan fingerprint density at radius 1 is 1.11 bits per heavy atom. The van der Waals surface area contributed by atoms with E-state index >= 15 is 0 Å². The molecule has 140 valence electrons. The van der Waals surface area contributed by atoms with Crippen LogP contribution in [-0.4, -0.2) is 20.8 Å². The minimum Gasteiger partial charge on any atom is -0.507 e. The molecule has 2 aliphatic rings. The number of nitrogens with zero attached hydrogens (tertiary/aromatic N) is 3. The van der Waals surface area contributed by atoms with Crippen LogP contribution in [0.2, 0.25) is 5.02 Å². The summed E-state index contributed by atoms with van der Waals surface area (Å²) in [5, 5.41) is 17.9. The minimum atomic E-state index is -0.369. The van der Waals surface area contributed by atoms with Gasteiger partial charge in [-0.3, -0.25) is 4.98 Å². The maximum atomic E-state index is 10.4. The number of benzene rings is 2. The number of hydrogen-bond donors (Lipinski definition) is 1. The molecule has 0 saturated heterocycles. The molecular formula is C22H18ClN3O2. The van der Waals surface area contributed by atoms with Gasteiger partial charge in [0.2, 0.25) is 6.23 Å². The van der Waals surface area contributed by atoms with Gasteiger partial charge in [-0.25, -0.2) is 5.01 Å². The summed E-state index contributed by atoms with van der Waals surface area (Å²) in [6.45, 7) is 2.00. The van der Waals surface area contributed by atoms with Crippen molar-refractivity contribution in [1.82, 2.24) is 9.99 Å². The topological polar surface area (TPSA) is 58.0 Å². The zero-order valence-electron chi connectivity index (χ0n) is 15.2. The Morgan fingerprint density at radius 3 is 2.75 bits per heavy atom. The van der Waals surface area contributed by atoms with Gasteiger partial charge in [-0.15, -0.1) is 0 Å². The lowest BCUT2D eigenvalue weighted by atomic mass is 9.95. The molecule has 28 heavy (non-hydrogen) atoms. The SMILES string of the molecule is Cc1ccc(O)c(C2=NN3C(C2)c2cc(Cl)ccc2OC3c2ccncc2)c1. The van der Waals surface area contributed by atoms with Gasteiger partial charge in [-0.2, -0.15) is 5.10 Å². The van der Waals surface area contributed by atoms with E-state index < -0.39 is 0 Å². The molecule has 0 saturated carbocycles. The summed E-state index contributed by atoms with van der Waals surface area (Å²) in [6.07, 6.45) is 3.79. The molecule has 3 aromatic rings. The van der Waals surface area contributed by atoms with E-state index in [1.54, 1.807) is 18.5 Å². The lowest BCUT2D eigenvalue weighted by Gasteiger charge is -2.38. The van der Waals surface area contributed by atoms with Gasteiger partial charge in [0.15, 0.2) is 0 Å².